The topological polar surface area (TPSA) is 108 Å². The Morgan fingerprint density at radius 2 is 1.82 bits per heavy atom. The molecule has 5 rings (SSSR count). The van der Waals surface area contributed by atoms with Crippen LogP contribution in [0.2, 0.25) is 5.02 Å². The highest BCUT2D eigenvalue weighted by Crippen LogP contribution is 2.37. The lowest BCUT2D eigenvalue weighted by atomic mass is 10.0. The van der Waals surface area contributed by atoms with E-state index in [4.69, 9.17) is 38.4 Å². The molecule has 9 nitrogen and oxygen atoms in total. The SMILES string of the molecule is O=C(CCN1C(=O)C(=Cc2cc(-c3ccccc3Cl)ccc2OCCN2CCOCC2)SC1=S)Nc1ccc(C(=O)O)cc1. The van der Waals surface area contributed by atoms with Crippen molar-refractivity contribution >= 4 is 69.4 Å². The van der Waals surface area contributed by atoms with Gasteiger partial charge >= 0.3 is 5.97 Å². The third-order valence-corrected chi connectivity index (χ3v) is 8.81. The number of benzene rings is 3. The summed E-state index contributed by atoms with van der Waals surface area (Å²) in [5.41, 5.74) is 3.04. The van der Waals surface area contributed by atoms with Gasteiger partial charge in [-0.1, -0.05) is 59.8 Å². The number of hydrogen-bond donors (Lipinski definition) is 2. The van der Waals surface area contributed by atoms with Crippen LogP contribution in [0.5, 0.6) is 5.75 Å². The summed E-state index contributed by atoms with van der Waals surface area (Å²) < 4.78 is 12.0. The summed E-state index contributed by atoms with van der Waals surface area (Å²) >= 11 is 13.2. The molecule has 2 aliphatic rings. The number of morpholine rings is 1. The van der Waals surface area contributed by atoms with Crippen molar-refractivity contribution in [1.29, 1.82) is 0 Å². The highest BCUT2D eigenvalue weighted by atomic mass is 35.5. The monoisotopic (exact) mass is 651 g/mol. The second kappa shape index (κ2) is 14.8. The number of aromatic carboxylic acids is 1. The van der Waals surface area contributed by atoms with Crippen LogP contribution in [0.1, 0.15) is 22.3 Å². The molecule has 2 aliphatic heterocycles. The van der Waals surface area contributed by atoms with Crippen LogP contribution in [-0.4, -0.2) is 83.0 Å². The van der Waals surface area contributed by atoms with Crippen LogP contribution in [0.4, 0.5) is 5.69 Å². The van der Waals surface area contributed by atoms with Crippen molar-refractivity contribution in [1.82, 2.24) is 9.80 Å². The molecule has 2 N–H and O–H groups in total. The van der Waals surface area contributed by atoms with E-state index in [1.165, 1.54) is 40.9 Å². The Labute approximate surface area is 269 Å². The average molecular weight is 652 g/mol. The number of hydrogen-bond acceptors (Lipinski definition) is 8. The molecule has 0 unspecified atom stereocenters. The molecule has 0 radical (unpaired) electrons. The van der Waals surface area contributed by atoms with E-state index in [9.17, 15) is 14.4 Å². The van der Waals surface area contributed by atoms with Gasteiger partial charge in [0.25, 0.3) is 5.91 Å². The molecular weight excluding hydrogens is 622 g/mol. The van der Waals surface area contributed by atoms with Gasteiger partial charge in [-0.2, -0.15) is 0 Å². The Balaban J connectivity index is 1.29. The number of carbonyl (C=O) groups is 3. The number of rotatable bonds is 11. The van der Waals surface area contributed by atoms with Crippen LogP contribution >= 0.6 is 35.6 Å². The first-order chi connectivity index (χ1) is 21.3. The van der Waals surface area contributed by atoms with Gasteiger partial charge in [-0.05, 0) is 54.1 Å². The van der Waals surface area contributed by atoms with Gasteiger partial charge in [-0.15, -0.1) is 0 Å². The summed E-state index contributed by atoms with van der Waals surface area (Å²) in [7, 11) is 0. The quantitative estimate of drug-likeness (QED) is 0.201. The van der Waals surface area contributed by atoms with Crippen LogP contribution in [0.15, 0.2) is 71.6 Å². The fourth-order valence-electron chi connectivity index (χ4n) is 4.73. The van der Waals surface area contributed by atoms with Gasteiger partial charge in [-0.3, -0.25) is 19.4 Å². The number of carbonyl (C=O) groups excluding carboxylic acids is 2. The van der Waals surface area contributed by atoms with Gasteiger partial charge < -0.3 is 19.9 Å². The smallest absolute Gasteiger partial charge is 0.335 e. The van der Waals surface area contributed by atoms with Gasteiger partial charge in [0.2, 0.25) is 5.91 Å². The molecule has 2 heterocycles. The maximum absolute atomic E-state index is 13.4. The number of carboxylic acids is 1. The molecule has 3 aromatic carbocycles. The molecule has 44 heavy (non-hydrogen) atoms. The van der Waals surface area contributed by atoms with E-state index >= 15 is 0 Å². The number of carboxylic acid groups (broad SMARTS) is 1. The molecule has 2 saturated heterocycles. The number of nitrogens with one attached hydrogen (secondary N) is 1. The first-order valence-corrected chi connectivity index (χ1v) is 15.6. The maximum Gasteiger partial charge on any atom is 0.335 e. The Kier molecular flexibility index (Phi) is 10.7. The molecule has 0 bridgehead atoms. The summed E-state index contributed by atoms with van der Waals surface area (Å²) in [6.45, 7) is 4.47. The lowest BCUT2D eigenvalue weighted by Crippen LogP contribution is -2.38. The molecule has 0 aromatic heterocycles. The van der Waals surface area contributed by atoms with Crippen molar-refractivity contribution in [2.45, 2.75) is 6.42 Å². The number of halogens is 1. The normalized spacial score (nSPS) is 16.4. The molecule has 12 heteroatoms. The van der Waals surface area contributed by atoms with Gasteiger partial charge in [0.05, 0.1) is 23.7 Å². The van der Waals surface area contributed by atoms with Gasteiger partial charge in [0.15, 0.2) is 0 Å². The zero-order valence-corrected chi connectivity index (χ0v) is 26.1. The van der Waals surface area contributed by atoms with Gasteiger partial charge in [0, 0.05) is 54.4 Å². The van der Waals surface area contributed by atoms with Crippen molar-refractivity contribution in [3.63, 3.8) is 0 Å². The van der Waals surface area contributed by atoms with E-state index in [0.29, 0.717) is 51.1 Å². The second-order valence-electron chi connectivity index (χ2n) is 10.0. The van der Waals surface area contributed by atoms with Crippen molar-refractivity contribution < 1.29 is 29.0 Å². The van der Waals surface area contributed by atoms with E-state index in [1.54, 1.807) is 6.08 Å². The first kappa shape index (κ1) is 31.7. The van der Waals surface area contributed by atoms with Crippen LogP contribution in [0.25, 0.3) is 17.2 Å². The van der Waals surface area contributed by atoms with Crippen molar-refractivity contribution in [3.8, 4) is 16.9 Å². The number of thioether (sulfide) groups is 1. The Bertz CT molecular complexity index is 1590. The summed E-state index contributed by atoms with van der Waals surface area (Å²) in [6, 6.07) is 19.2. The first-order valence-electron chi connectivity index (χ1n) is 14.0. The predicted octanol–water partition coefficient (Wildman–Crippen LogP) is 5.65. The number of nitrogens with zero attached hydrogens (tertiary/aromatic N) is 2. The van der Waals surface area contributed by atoms with Crippen LogP contribution in [-0.2, 0) is 14.3 Å². The van der Waals surface area contributed by atoms with E-state index in [2.05, 4.69) is 10.2 Å². The molecule has 2 amide bonds. The highest BCUT2D eigenvalue weighted by molar-refractivity contribution is 8.26. The van der Waals surface area contributed by atoms with Crippen LogP contribution in [0.3, 0.4) is 0 Å². The largest absolute Gasteiger partial charge is 0.492 e. The third kappa shape index (κ3) is 8.04. The molecule has 0 atom stereocenters. The average Bonchev–Trinajstić information content (AvgIpc) is 3.29. The predicted molar refractivity (Wildman–Crippen MR) is 176 cm³/mol. The number of ether oxygens (including phenoxy) is 2. The van der Waals surface area contributed by atoms with E-state index in [0.717, 1.165) is 30.8 Å². The minimum absolute atomic E-state index is 0.0122. The molecular formula is C32H30ClN3O6S2. The van der Waals surface area contributed by atoms with Crippen molar-refractivity contribution in [2.24, 2.45) is 0 Å². The van der Waals surface area contributed by atoms with Crippen molar-refractivity contribution in [3.05, 3.63) is 87.8 Å². The molecule has 0 saturated carbocycles. The third-order valence-electron chi connectivity index (χ3n) is 7.10. The van der Waals surface area contributed by atoms with Crippen molar-refractivity contribution in [2.75, 3.05) is 51.3 Å². The fraction of sp³-hybridized carbons (Fsp3) is 0.250. The Morgan fingerprint density at radius 1 is 1.07 bits per heavy atom. The number of anilines is 1. The summed E-state index contributed by atoms with van der Waals surface area (Å²) in [6.07, 6.45) is 1.78. The summed E-state index contributed by atoms with van der Waals surface area (Å²) in [4.78, 5) is 41.1. The van der Waals surface area contributed by atoms with E-state index < -0.39 is 5.97 Å². The summed E-state index contributed by atoms with van der Waals surface area (Å²) in [5.74, 6) is -1.03. The minimum atomic E-state index is -1.05. The molecule has 0 aliphatic carbocycles. The molecule has 0 spiro atoms. The Hall–Kier alpha value is -3.74. The fourth-order valence-corrected chi connectivity index (χ4v) is 6.28. The molecule has 3 aromatic rings. The highest BCUT2D eigenvalue weighted by Gasteiger charge is 2.32. The number of thiocarbonyl (C=S) groups is 1. The lowest BCUT2D eigenvalue weighted by molar-refractivity contribution is -0.122. The Morgan fingerprint density at radius 3 is 2.55 bits per heavy atom. The zero-order chi connectivity index (χ0) is 31.1. The summed E-state index contributed by atoms with van der Waals surface area (Å²) in [5, 5.41) is 12.4. The lowest BCUT2D eigenvalue weighted by Gasteiger charge is -2.26. The van der Waals surface area contributed by atoms with E-state index in [-0.39, 0.29) is 30.3 Å². The van der Waals surface area contributed by atoms with Crippen LogP contribution in [0, 0.1) is 0 Å². The van der Waals surface area contributed by atoms with Crippen LogP contribution < -0.4 is 10.1 Å². The number of amides is 2. The van der Waals surface area contributed by atoms with Gasteiger partial charge in [0.1, 0.15) is 16.7 Å². The maximum atomic E-state index is 13.4. The minimum Gasteiger partial charge on any atom is -0.492 e. The zero-order valence-electron chi connectivity index (χ0n) is 23.7. The second-order valence-corrected chi connectivity index (χ2v) is 12.1. The molecule has 228 valence electrons. The standard InChI is InChI=1S/C32H30ClN3O6S2/c33-26-4-2-1-3-25(26)22-7-10-27(42-18-15-35-13-16-41-17-14-35)23(19-22)20-28-30(38)36(32(43)44-28)12-11-29(37)34-24-8-5-21(6-9-24)31(39)40/h1-10,19-20H,11-18H2,(H,34,37)(H,39,40). The molecule has 2 fully saturated rings. The van der Waals surface area contributed by atoms with Gasteiger partial charge in [-0.25, -0.2) is 4.79 Å². The van der Waals surface area contributed by atoms with E-state index in [1.807, 2.05) is 42.5 Å².